The lowest BCUT2D eigenvalue weighted by Gasteiger charge is -2.40. The largest absolute Gasteiger partial charge is 0.295 e. The molecule has 0 spiro atoms. The van der Waals surface area contributed by atoms with Crippen LogP contribution in [-0.4, -0.2) is 27.5 Å². The third kappa shape index (κ3) is 4.14. The Morgan fingerprint density at radius 2 is 1.89 bits per heavy atom. The highest BCUT2D eigenvalue weighted by molar-refractivity contribution is 9.10. The number of hydrogen-bond donors (Lipinski definition) is 0. The summed E-state index contributed by atoms with van der Waals surface area (Å²) in [5.74, 6) is 2.32. The van der Waals surface area contributed by atoms with Crippen molar-refractivity contribution >= 4 is 26.8 Å². The second-order valence-electron chi connectivity index (χ2n) is 8.34. The van der Waals surface area contributed by atoms with E-state index in [1.54, 1.807) is 0 Å². The molecule has 4 nitrogen and oxygen atoms in total. The Kier molecular flexibility index (Phi) is 6.42. The zero-order valence-corrected chi connectivity index (χ0v) is 18.8. The van der Waals surface area contributed by atoms with Crippen LogP contribution in [0, 0.1) is 18.8 Å². The van der Waals surface area contributed by atoms with Crippen LogP contribution in [0.4, 0.5) is 0 Å². The Morgan fingerprint density at radius 3 is 2.48 bits per heavy atom. The van der Waals surface area contributed by atoms with Gasteiger partial charge in [-0.25, -0.2) is 4.98 Å². The molecule has 0 amide bonds. The molecule has 2 aromatic rings. The first-order valence-corrected chi connectivity index (χ1v) is 11.1. The summed E-state index contributed by atoms with van der Waals surface area (Å²) in [6, 6.07) is 4.17. The number of halogens is 1. The monoisotopic (exact) mass is 433 g/mol. The van der Waals surface area contributed by atoms with E-state index in [2.05, 4.69) is 47.7 Å². The summed E-state index contributed by atoms with van der Waals surface area (Å²) < 4.78 is 2.84. The fourth-order valence-electron chi connectivity index (χ4n) is 4.75. The highest BCUT2D eigenvalue weighted by Gasteiger charge is 2.31. The lowest BCUT2D eigenvalue weighted by atomic mass is 9.90. The number of fused-ring (bicyclic) bond motifs is 1. The van der Waals surface area contributed by atoms with Crippen LogP contribution in [0.2, 0.25) is 0 Å². The van der Waals surface area contributed by atoms with Crippen LogP contribution in [0.25, 0.3) is 10.9 Å². The molecule has 3 rings (SSSR count). The summed E-state index contributed by atoms with van der Waals surface area (Å²) >= 11 is 3.53. The summed E-state index contributed by atoms with van der Waals surface area (Å²) in [4.78, 5) is 21.0. The molecule has 1 saturated heterocycles. The first-order chi connectivity index (χ1) is 12.8. The van der Waals surface area contributed by atoms with Crippen molar-refractivity contribution < 1.29 is 0 Å². The molecule has 1 aliphatic rings. The van der Waals surface area contributed by atoms with E-state index in [0.29, 0.717) is 23.8 Å². The Balaban J connectivity index is 2.18. The molecule has 1 aromatic heterocycles. The van der Waals surface area contributed by atoms with Gasteiger partial charge in [-0.1, -0.05) is 43.1 Å². The fourth-order valence-corrected chi connectivity index (χ4v) is 5.32. The van der Waals surface area contributed by atoms with Crippen LogP contribution < -0.4 is 5.56 Å². The van der Waals surface area contributed by atoms with Crippen LogP contribution in [0.15, 0.2) is 21.4 Å². The molecule has 27 heavy (non-hydrogen) atoms. The van der Waals surface area contributed by atoms with Crippen molar-refractivity contribution in [3.8, 4) is 0 Å². The average molecular weight is 434 g/mol. The van der Waals surface area contributed by atoms with Crippen molar-refractivity contribution in [1.82, 2.24) is 14.5 Å². The van der Waals surface area contributed by atoms with Gasteiger partial charge in [0.1, 0.15) is 5.82 Å². The Hall–Kier alpha value is -1.20. The molecule has 1 aliphatic heterocycles. The van der Waals surface area contributed by atoms with Crippen LogP contribution in [-0.2, 0) is 6.54 Å². The molecule has 2 heterocycles. The van der Waals surface area contributed by atoms with Crippen LogP contribution in [0.5, 0.6) is 0 Å². The van der Waals surface area contributed by atoms with Crippen molar-refractivity contribution in [1.29, 1.82) is 0 Å². The quantitative estimate of drug-likeness (QED) is 0.641. The zero-order valence-electron chi connectivity index (χ0n) is 17.3. The molecule has 0 radical (unpaired) electrons. The molecule has 0 bridgehead atoms. The number of aromatic nitrogens is 2. The van der Waals surface area contributed by atoms with Gasteiger partial charge in [-0.05, 0) is 56.2 Å². The molecular weight excluding hydrogens is 402 g/mol. The van der Waals surface area contributed by atoms with E-state index in [1.807, 2.05) is 24.5 Å². The van der Waals surface area contributed by atoms with E-state index < -0.39 is 0 Å². The van der Waals surface area contributed by atoms with E-state index in [9.17, 15) is 4.79 Å². The lowest BCUT2D eigenvalue weighted by molar-refractivity contribution is 0.0836. The summed E-state index contributed by atoms with van der Waals surface area (Å²) in [6.45, 7) is 13.8. The smallest absolute Gasteiger partial charge is 0.261 e. The number of hydrogen-bond acceptors (Lipinski definition) is 3. The molecule has 3 atom stereocenters. The summed E-state index contributed by atoms with van der Waals surface area (Å²) in [6.07, 6.45) is 3.40. The SMILES string of the molecule is CCCC(c1nc2c(C)cc(Br)cc2c(=O)n1CC)N1C[C@H](C)C[C@H](C)C1. The van der Waals surface area contributed by atoms with E-state index in [0.717, 1.165) is 47.3 Å². The Bertz CT molecular complexity index is 866. The second kappa shape index (κ2) is 8.44. The van der Waals surface area contributed by atoms with Crippen molar-refractivity contribution in [2.24, 2.45) is 11.8 Å². The maximum atomic E-state index is 13.3. The van der Waals surface area contributed by atoms with Gasteiger partial charge in [-0.2, -0.15) is 0 Å². The number of benzene rings is 1. The fraction of sp³-hybridized carbons (Fsp3) is 0.636. The number of nitrogens with zero attached hydrogens (tertiary/aromatic N) is 3. The first kappa shape index (κ1) is 20.5. The normalized spacial score (nSPS) is 22.3. The minimum absolute atomic E-state index is 0.0844. The molecule has 1 aromatic carbocycles. The standard InChI is InChI=1S/C22H32BrN3O/c1-6-8-19(25-12-14(3)9-15(4)13-25)21-24-20-16(5)10-17(23)11-18(20)22(27)26(21)7-2/h10-11,14-15,19H,6-9,12-13H2,1-5H3/t14-,15+,19?. The molecule has 0 N–H and O–H groups in total. The highest BCUT2D eigenvalue weighted by atomic mass is 79.9. The van der Waals surface area contributed by atoms with Crippen LogP contribution >= 0.6 is 15.9 Å². The molecular formula is C22H32BrN3O. The molecule has 148 valence electrons. The van der Waals surface area contributed by atoms with Crippen molar-refractivity contribution in [2.75, 3.05) is 13.1 Å². The third-order valence-corrected chi connectivity index (χ3v) is 6.22. The van der Waals surface area contributed by atoms with Crippen LogP contribution in [0.3, 0.4) is 0 Å². The molecule has 0 aliphatic carbocycles. The van der Waals surface area contributed by atoms with Gasteiger partial charge in [0.25, 0.3) is 5.56 Å². The van der Waals surface area contributed by atoms with E-state index >= 15 is 0 Å². The van der Waals surface area contributed by atoms with Gasteiger partial charge in [-0.15, -0.1) is 0 Å². The van der Waals surface area contributed by atoms with E-state index in [-0.39, 0.29) is 11.6 Å². The second-order valence-corrected chi connectivity index (χ2v) is 9.26. The van der Waals surface area contributed by atoms with E-state index in [1.165, 1.54) is 6.42 Å². The van der Waals surface area contributed by atoms with Gasteiger partial charge in [0.05, 0.1) is 16.9 Å². The Morgan fingerprint density at radius 1 is 1.22 bits per heavy atom. The minimum atomic E-state index is 0.0844. The molecule has 5 heteroatoms. The van der Waals surface area contributed by atoms with Gasteiger partial charge in [0.15, 0.2) is 0 Å². The lowest BCUT2D eigenvalue weighted by Crippen LogP contribution is -2.43. The Labute approximate surface area is 171 Å². The number of likely N-dealkylation sites (tertiary alicyclic amines) is 1. The van der Waals surface area contributed by atoms with Gasteiger partial charge in [0.2, 0.25) is 0 Å². The van der Waals surface area contributed by atoms with Gasteiger partial charge >= 0.3 is 0 Å². The number of rotatable bonds is 5. The molecule has 1 fully saturated rings. The predicted octanol–water partition coefficient (Wildman–Crippen LogP) is 5.31. The molecule has 0 saturated carbocycles. The minimum Gasteiger partial charge on any atom is -0.295 e. The van der Waals surface area contributed by atoms with Gasteiger partial charge < -0.3 is 0 Å². The summed E-state index contributed by atoms with van der Waals surface area (Å²) in [5, 5.41) is 0.711. The van der Waals surface area contributed by atoms with Gasteiger partial charge in [-0.3, -0.25) is 14.3 Å². The average Bonchev–Trinajstić information content (AvgIpc) is 2.59. The summed E-state index contributed by atoms with van der Waals surface area (Å²) in [7, 11) is 0. The van der Waals surface area contributed by atoms with Gasteiger partial charge in [0, 0.05) is 24.1 Å². The predicted molar refractivity (Wildman–Crippen MR) is 116 cm³/mol. The molecule has 1 unspecified atom stereocenters. The third-order valence-electron chi connectivity index (χ3n) is 5.76. The van der Waals surface area contributed by atoms with Crippen LogP contribution in [0.1, 0.15) is 64.4 Å². The van der Waals surface area contributed by atoms with Crippen molar-refractivity contribution in [3.05, 3.63) is 38.3 Å². The first-order valence-electron chi connectivity index (χ1n) is 10.3. The highest BCUT2D eigenvalue weighted by Crippen LogP contribution is 2.32. The van der Waals surface area contributed by atoms with Crippen molar-refractivity contribution in [3.63, 3.8) is 0 Å². The maximum Gasteiger partial charge on any atom is 0.261 e. The van der Waals surface area contributed by atoms with Crippen molar-refractivity contribution in [2.45, 2.75) is 66.5 Å². The maximum absolute atomic E-state index is 13.3. The number of aryl methyl sites for hydroxylation is 1. The van der Waals surface area contributed by atoms with E-state index in [4.69, 9.17) is 4.98 Å². The number of piperidine rings is 1. The zero-order chi connectivity index (χ0) is 19.7. The summed E-state index contributed by atoms with van der Waals surface area (Å²) in [5.41, 5.74) is 1.99. The topological polar surface area (TPSA) is 38.1 Å².